The Kier molecular flexibility index (Phi) is 3.62. The van der Waals surface area contributed by atoms with Gasteiger partial charge in [0, 0.05) is 5.02 Å². The van der Waals surface area contributed by atoms with Gasteiger partial charge in [0.2, 0.25) is 5.71 Å². The molecule has 0 saturated carbocycles. The Labute approximate surface area is 113 Å². The molecule has 1 heterocycles. The van der Waals surface area contributed by atoms with E-state index in [-0.39, 0.29) is 6.61 Å². The number of hydrogen-bond donors (Lipinski definition) is 0. The molecule has 0 atom stereocenters. The number of hydrogen-bond acceptors (Lipinski definition) is 5. The van der Waals surface area contributed by atoms with E-state index in [1.54, 1.807) is 19.1 Å². The SMILES string of the molecule is CCOC(=O)C1=NN(c2ccc(Cl)cc2)C(=O)C1=O. The number of amides is 1. The third kappa shape index (κ3) is 2.48. The van der Waals surface area contributed by atoms with Crippen molar-refractivity contribution in [3.05, 3.63) is 29.3 Å². The number of rotatable bonds is 3. The molecule has 0 radical (unpaired) electrons. The summed E-state index contributed by atoms with van der Waals surface area (Å²) >= 11 is 5.72. The first-order chi connectivity index (χ1) is 9.04. The van der Waals surface area contributed by atoms with Crippen LogP contribution in [0.2, 0.25) is 5.02 Å². The fourth-order valence-electron chi connectivity index (χ4n) is 1.48. The van der Waals surface area contributed by atoms with Gasteiger partial charge in [0.15, 0.2) is 0 Å². The first kappa shape index (κ1) is 13.2. The lowest BCUT2D eigenvalue weighted by atomic mass is 10.2. The van der Waals surface area contributed by atoms with Crippen LogP contribution < -0.4 is 5.01 Å². The third-order valence-electron chi connectivity index (χ3n) is 2.34. The lowest BCUT2D eigenvalue weighted by molar-refractivity contribution is -0.137. The van der Waals surface area contributed by atoms with Crippen molar-refractivity contribution in [1.82, 2.24) is 0 Å². The summed E-state index contributed by atoms with van der Waals surface area (Å²) in [4.78, 5) is 34.8. The second-order valence-corrected chi connectivity index (χ2v) is 4.03. The van der Waals surface area contributed by atoms with Gasteiger partial charge in [-0.25, -0.2) is 4.79 Å². The van der Waals surface area contributed by atoms with E-state index in [1.165, 1.54) is 12.1 Å². The second-order valence-electron chi connectivity index (χ2n) is 3.59. The first-order valence-corrected chi connectivity index (χ1v) is 5.82. The molecule has 0 fully saturated rings. The number of hydrazone groups is 1. The van der Waals surface area contributed by atoms with E-state index in [1.807, 2.05) is 0 Å². The smallest absolute Gasteiger partial charge is 0.363 e. The zero-order chi connectivity index (χ0) is 14.0. The van der Waals surface area contributed by atoms with Crippen molar-refractivity contribution in [3.63, 3.8) is 0 Å². The highest BCUT2D eigenvalue weighted by Crippen LogP contribution is 2.21. The topological polar surface area (TPSA) is 76.0 Å². The van der Waals surface area contributed by atoms with Crippen LogP contribution in [0, 0.1) is 0 Å². The van der Waals surface area contributed by atoms with Crippen molar-refractivity contribution >= 4 is 40.7 Å². The summed E-state index contributed by atoms with van der Waals surface area (Å²) in [5, 5.41) is 5.04. The van der Waals surface area contributed by atoms with Crippen LogP contribution in [0.3, 0.4) is 0 Å². The Balaban J connectivity index is 2.32. The summed E-state index contributed by atoms with van der Waals surface area (Å²) in [6, 6.07) is 6.13. The van der Waals surface area contributed by atoms with E-state index < -0.39 is 23.4 Å². The fourth-order valence-corrected chi connectivity index (χ4v) is 1.60. The van der Waals surface area contributed by atoms with Gasteiger partial charge < -0.3 is 4.74 Å². The summed E-state index contributed by atoms with van der Waals surface area (Å²) in [7, 11) is 0. The van der Waals surface area contributed by atoms with E-state index in [0.29, 0.717) is 10.7 Å². The lowest BCUT2D eigenvalue weighted by Crippen LogP contribution is -2.30. The maximum absolute atomic E-state index is 11.7. The van der Waals surface area contributed by atoms with Crippen LogP contribution in [-0.4, -0.2) is 30.0 Å². The molecular weight excluding hydrogens is 272 g/mol. The van der Waals surface area contributed by atoms with Crippen LogP contribution in [0.5, 0.6) is 0 Å². The predicted molar refractivity (Wildman–Crippen MR) is 68.0 cm³/mol. The number of carbonyl (C=O) groups is 3. The van der Waals surface area contributed by atoms with Crippen molar-refractivity contribution in [2.24, 2.45) is 5.10 Å². The minimum atomic E-state index is -0.978. The normalized spacial score (nSPS) is 14.6. The first-order valence-electron chi connectivity index (χ1n) is 5.44. The number of ether oxygens (including phenoxy) is 1. The molecule has 2 rings (SSSR count). The number of esters is 1. The van der Waals surface area contributed by atoms with Gasteiger partial charge in [-0.3, -0.25) is 9.59 Å². The summed E-state index contributed by atoms with van der Waals surface area (Å²) in [5.41, 5.74) is -0.163. The molecule has 0 aromatic heterocycles. The van der Waals surface area contributed by atoms with Crippen LogP contribution in [0.1, 0.15) is 6.92 Å². The van der Waals surface area contributed by atoms with Gasteiger partial charge in [-0.05, 0) is 31.2 Å². The van der Waals surface area contributed by atoms with Crippen molar-refractivity contribution in [2.75, 3.05) is 11.6 Å². The molecule has 1 aliphatic rings. The van der Waals surface area contributed by atoms with E-state index >= 15 is 0 Å². The van der Waals surface area contributed by atoms with Gasteiger partial charge in [0.25, 0.3) is 5.78 Å². The number of halogens is 1. The molecule has 98 valence electrons. The van der Waals surface area contributed by atoms with Gasteiger partial charge >= 0.3 is 11.9 Å². The van der Waals surface area contributed by atoms with Crippen molar-refractivity contribution in [3.8, 4) is 0 Å². The Bertz CT molecular complexity index is 580. The number of ketones is 1. The maximum atomic E-state index is 11.7. The summed E-state index contributed by atoms with van der Waals surface area (Å²) in [5.74, 6) is -2.78. The molecule has 6 nitrogen and oxygen atoms in total. The van der Waals surface area contributed by atoms with E-state index in [2.05, 4.69) is 9.84 Å². The van der Waals surface area contributed by atoms with Crippen LogP contribution in [0.4, 0.5) is 5.69 Å². The average Bonchev–Trinajstić information content (AvgIpc) is 2.68. The molecule has 19 heavy (non-hydrogen) atoms. The molecule has 1 aliphatic heterocycles. The van der Waals surface area contributed by atoms with Crippen molar-refractivity contribution < 1.29 is 19.1 Å². The Morgan fingerprint density at radius 2 is 1.95 bits per heavy atom. The Morgan fingerprint density at radius 3 is 2.53 bits per heavy atom. The second kappa shape index (κ2) is 5.19. The zero-order valence-corrected chi connectivity index (χ0v) is 10.7. The van der Waals surface area contributed by atoms with Gasteiger partial charge in [-0.15, -0.1) is 0 Å². The van der Waals surface area contributed by atoms with Crippen LogP contribution in [-0.2, 0) is 19.1 Å². The molecule has 0 N–H and O–H groups in total. The van der Waals surface area contributed by atoms with Gasteiger partial charge in [0.05, 0.1) is 12.3 Å². The predicted octanol–water partition coefficient (Wildman–Crippen LogP) is 1.17. The standard InChI is InChI=1S/C12H9ClN2O4/c1-2-19-12(18)9-10(16)11(17)15(14-9)8-5-3-7(13)4-6-8/h3-6H,2H2,1H3. The summed E-state index contributed by atoms with van der Waals surface area (Å²) in [6.45, 7) is 1.69. The van der Waals surface area contributed by atoms with Gasteiger partial charge in [-0.1, -0.05) is 11.6 Å². The molecular formula is C12H9ClN2O4. The molecule has 0 saturated heterocycles. The van der Waals surface area contributed by atoms with Gasteiger partial charge in [0.1, 0.15) is 0 Å². The minimum Gasteiger partial charge on any atom is -0.461 e. The number of anilines is 1. The summed E-state index contributed by atoms with van der Waals surface area (Å²) < 4.78 is 4.66. The molecule has 0 unspecified atom stereocenters. The monoisotopic (exact) mass is 280 g/mol. The molecule has 1 amide bonds. The molecule has 1 aromatic carbocycles. The highest BCUT2D eigenvalue weighted by atomic mass is 35.5. The van der Waals surface area contributed by atoms with E-state index in [9.17, 15) is 14.4 Å². The highest BCUT2D eigenvalue weighted by Gasteiger charge is 2.39. The van der Waals surface area contributed by atoms with Gasteiger partial charge in [-0.2, -0.15) is 10.1 Å². The number of carbonyl (C=O) groups excluding carboxylic acids is 3. The number of benzene rings is 1. The minimum absolute atomic E-state index is 0.0975. The van der Waals surface area contributed by atoms with Crippen molar-refractivity contribution in [2.45, 2.75) is 6.92 Å². The Morgan fingerprint density at radius 1 is 1.32 bits per heavy atom. The molecule has 0 bridgehead atoms. The Hall–Kier alpha value is -2.21. The molecule has 0 aliphatic carbocycles. The molecule has 1 aromatic rings. The third-order valence-corrected chi connectivity index (χ3v) is 2.59. The molecule has 0 spiro atoms. The van der Waals surface area contributed by atoms with E-state index in [0.717, 1.165) is 5.01 Å². The van der Waals surface area contributed by atoms with E-state index in [4.69, 9.17) is 11.6 Å². The zero-order valence-electron chi connectivity index (χ0n) is 9.92. The highest BCUT2D eigenvalue weighted by molar-refractivity contribution is 6.81. The average molecular weight is 281 g/mol. The van der Waals surface area contributed by atoms with Crippen molar-refractivity contribution in [1.29, 1.82) is 0 Å². The van der Waals surface area contributed by atoms with Crippen LogP contribution in [0.25, 0.3) is 0 Å². The largest absolute Gasteiger partial charge is 0.461 e. The lowest BCUT2D eigenvalue weighted by Gasteiger charge is -2.09. The van der Waals surface area contributed by atoms with Crippen LogP contribution in [0.15, 0.2) is 29.4 Å². The quantitative estimate of drug-likeness (QED) is 0.615. The number of Topliss-reactive ketones (excluding diaryl/α,β-unsaturated/α-hetero) is 1. The number of nitrogens with zero attached hydrogens (tertiary/aromatic N) is 2. The maximum Gasteiger partial charge on any atom is 0.363 e. The molecule has 7 heteroatoms. The van der Waals surface area contributed by atoms with Crippen LogP contribution >= 0.6 is 11.6 Å². The fraction of sp³-hybridized carbons (Fsp3) is 0.167. The summed E-state index contributed by atoms with van der Waals surface area (Å²) in [6.07, 6.45) is 0.